The fourth-order valence-corrected chi connectivity index (χ4v) is 2.82. The first-order valence-electron chi connectivity index (χ1n) is 7.43. The molecule has 2 N–H and O–H groups in total. The van der Waals surface area contributed by atoms with Gasteiger partial charge in [0.05, 0.1) is 6.42 Å². The van der Waals surface area contributed by atoms with E-state index in [2.05, 4.69) is 5.32 Å². The van der Waals surface area contributed by atoms with Crippen molar-refractivity contribution in [3.8, 4) is 5.75 Å². The van der Waals surface area contributed by atoms with Crippen LogP contribution in [0.3, 0.4) is 0 Å². The second-order valence-electron chi connectivity index (χ2n) is 5.60. The SMILES string of the molecule is O=C(O)Cc1cc(OC2CCNCC2)c2cc(F)ccc2c1. The van der Waals surface area contributed by atoms with Crippen LogP contribution in [0.5, 0.6) is 5.75 Å². The second kappa shape index (κ2) is 6.32. The summed E-state index contributed by atoms with van der Waals surface area (Å²) in [7, 11) is 0. The Balaban J connectivity index is 1.99. The van der Waals surface area contributed by atoms with Crippen molar-refractivity contribution >= 4 is 16.7 Å². The van der Waals surface area contributed by atoms with Gasteiger partial charge in [-0.25, -0.2) is 4.39 Å². The minimum absolute atomic E-state index is 0.0735. The highest BCUT2D eigenvalue weighted by Crippen LogP contribution is 2.30. The molecule has 4 nitrogen and oxygen atoms in total. The molecule has 1 heterocycles. The maximum atomic E-state index is 13.5. The van der Waals surface area contributed by atoms with Crippen molar-refractivity contribution in [2.75, 3.05) is 13.1 Å². The number of piperidine rings is 1. The number of halogens is 1. The number of nitrogens with one attached hydrogen (secondary N) is 1. The number of carbonyl (C=O) groups is 1. The number of carboxylic acids is 1. The van der Waals surface area contributed by atoms with E-state index in [9.17, 15) is 9.18 Å². The van der Waals surface area contributed by atoms with E-state index in [0.29, 0.717) is 16.7 Å². The zero-order chi connectivity index (χ0) is 15.5. The van der Waals surface area contributed by atoms with Gasteiger partial charge in [0.1, 0.15) is 17.7 Å². The first-order valence-corrected chi connectivity index (χ1v) is 7.43. The summed E-state index contributed by atoms with van der Waals surface area (Å²) in [6.07, 6.45) is 1.78. The van der Waals surface area contributed by atoms with Crippen molar-refractivity contribution in [3.63, 3.8) is 0 Å². The number of benzene rings is 2. The third kappa shape index (κ3) is 3.36. The number of hydrogen-bond donors (Lipinski definition) is 2. The zero-order valence-corrected chi connectivity index (χ0v) is 12.1. The molecule has 5 heteroatoms. The minimum Gasteiger partial charge on any atom is -0.490 e. The lowest BCUT2D eigenvalue weighted by atomic mass is 10.0. The first-order chi connectivity index (χ1) is 10.6. The Morgan fingerprint density at radius 1 is 1.27 bits per heavy atom. The standard InChI is InChI=1S/C17H18FNO3/c18-13-2-1-12-7-11(9-17(20)21)8-16(15(12)10-13)22-14-3-5-19-6-4-14/h1-2,7-8,10,14,19H,3-6,9H2,(H,20,21). The number of fused-ring (bicyclic) bond motifs is 1. The van der Waals surface area contributed by atoms with E-state index in [1.54, 1.807) is 18.2 Å². The monoisotopic (exact) mass is 303 g/mol. The lowest BCUT2D eigenvalue weighted by Crippen LogP contribution is -2.34. The van der Waals surface area contributed by atoms with Gasteiger partial charge in [0, 0.05) is 5.39 Å². The topological polar surface area (TPSA) is 58.6 Å². The van der Waals surface area contributed by atoms with Crippen LogP contribution in [-0.2, 0) is 11.2 Å². The number of carboxylic acid groups (broad SMARTS) is 1. The molecule has 3 rings (SSSR count). The van der Waals surface area contributed by atoms with Gasteiger partial charge in [0.25, 0.3) is 0 Å². The van der Waals surface area contributed by atoms with E-state index in [0.717, 1.165) is 31.3 Å². The molecule has 0 saturated carbocycles. The number of hydrogen-bond acceptors (Lipinski definition) is 3. The highest BCUT2D eigenvalue weighted by atomic mass is 19.1. The summed E-state index contributed by atoms with van der Waals surface area (Å²) in [5, 5.41) is 13.7. The van der Waals surface area contributed by atoms with Gasteiger partial charge in [-0.3, -0.25) is 4.79 Å². The largest absolute Gasteiger partial charge is 0.490 e. The maximum absolute atomic E-state index is 13.5. The fourth-order valence-electron chi connectivity index (χ4n) is 2.82. The first kappa shape index (κ1) is 14.8. The maximum Gasteiger partial charge on any atom is 0.307 e. The van der Waals surface area contributed by atoms with E-state index in [1.807, 2.05) is 0 Å². The average Bonchev–Trinajstić information content (AvgIpc) is 2.48. The Morgan fingerprint density at radius 3 is 2.77 bits per heavy atom. The minimum atomic E-state index is -0.894. The lowest BCUT2D eigenvalue weighted by Gasteiger charge is -2.25. The van der Waals surface area contributed by atoms with E-state index in [4.69, 9.17) is 9.84 Å². The van der Waals surface area contributed by atoms with E-state index < -0.39 is 5.97 Å². The average molecular weight is 303 g/mol. The van der Waals surface area contributed by atoms with Gasteiger partial charge in [0.2, 0.25) is 0 Å². The third-order valence-corrected chi connectivity index (χ3v) is 3.87. The van der Waals surface area contributed by atoms with Crippen LogP contribution in [0.1, 0.15) is 18.4 Å². The van der Waals surface area contributed by atoms with Crippen LogP contribution in [0, 0.1) is 5.82 Å². The normalized spacial score (nSPS) is 15.9. The van der Waals surface area contributed by atoms with Crippen molar-refractivity contribution in [2.45, 2.75) is 25.4 Å². The Morgan fingerprint density at radius 2 is 2.05 bits per heavy atom. The smallest absolute Gasteiger partial charge is 0.307 e. The molecular weight excluding hydrogens is 285 g/mol. The third-order valence-electron chi connectivity index (χ3n) is 3.87. The van der Waals surface area contributed by atoms with Crippen molar-refractivity contribution in [2.24, 2.45) is 0 Å². The lowest BCUT2D eigenvalue weighted by molar-refractivity contribution is -0.136. The van der Waals surface area contributed by atoms with Crippen molar-refractivity contribution in [3.05, 3.63) is 41.7 Å². The molecule has 1 aliphatic rings. The van der Waals surface area contributed by atoms with Crippen LogP contribution in [0.2, 0.25) is 0 Å². The molecule has 22 heavy (non-hydrogen) atoms. The molecular formula is C17H18FNO3. The highest BCUT2D eigenvalue weighted by molar-refractivity contribution is 5.90. The molecule has 0 atom stereocenters. The van der Waals surface area contributed by atoms with Crippen molar-refractivity contribution in [1.82, 2.24) is 5.32 Å². The molecule has 0 unspecified atom stereocenters. The van der Waals surface area contributed by atoms with E-state index in [-0.39, 0.29) is 18.3 Å². The molecule has 1 saturated heterocycles. The van der Waals surface area contributed by atoms with Crippen LogP contribution in [0.4, 0.5) is 4.39 Å². The van der Waals surface area contributed by atoms with Crippen LogP contribution in [0.15, 0.2) is 30.3 Å². The molecule has 116 valence electrons. The second-order valence-corrected chi connectivity index (χ2v) is 5.60. The summed E-state index contributed by atoms with van der Waals surface area (Å²) >= 11 is 0. The van der Waals surface area contributed by atoms with Crippen LogP contribution in [-0.4, -0.2) is 30.3 Å². The summed E-state index contributed by atoms with van der Waals surface area (Å²) in [6.45, 7) is 1.79. The van der Waals surface area contributed by atoms with Gasteiger partial charge in [-0.05, 0) is 55.1 Å². The van der Waals surface area contributed by atoms with E-state index >= 15 is 0 Å². The summed E-state index contributed by atoms with van der Waals surface area (Å²) in [6, 6.07) is 7.97. The molecule has 0 radical (unpaired) electrons. The van der Waals surface area contributed by atoms with Gasteiger partial charge in [-0.2, -0.15) is 0 Å². The summed E-state index contributed by atoms with van der Waals surface area (Å²) in [5.41, 5.74) is 0.663. The van der Waals surface area contributed by atoms with Crippen LogP contribution < -0.4 is 10.1 Å². The molecule has 0 amide bonds. The summed E-state index contributed by atoms with van der Waals surface area (Å²) < 4.78 is 19.6. The molecule has 0 bridgehead atoms. The Labute approximate surface area is 127 Å². The van der Waals surface area contributed by atoms with Gasteiger partial charge in [-0.15, -0.1) is 0 Å². The van der Waals surface area contributed by atoms with Crippen molar-refractivity contribution in [1.29, 1.82) is 0 Å². The number of ether oxygens (including phenoxy) is 1. The van der Waals surface area contributed by atoms with E-state index in [1.165, 1.54) is 12.1 Å². The highest BCUT2D eigenvalue weighted by Gasteiger charge is 2.17. The quantitative estimate of drug-likeness (QED) is 0.912. The molecule has 0 aromatic heterocycles. The van der Waals surface area contributed by atoms with Gasteiger partial charge >= 0.3 is 5.97 Å². The Hall–Kier alpha value is -2.14. The summed E-state index contributed by atoms with van der Waals surface area (Å²) in [5.74, 6) is -0.650. The van der Waals surface area contributed by atoms with Gasteiger partial charge in [-0.1, -0.05) is 12.1 Å². The van der Waals surface area contributed by atoms with Crippen LogP contribution in [0.25, 0.3) is 10.8 Å². The molecule has 1 aliphatic heterocycles. The van der Waals surface area contributed by atoms with Crippen LogP contribution >= 0.6 is 0 Å². The molecule has 2 aromatic rings. The fraction of sp³-hybridized carbons (Fsp3) is 0.353. The molecule has 2 aromatic carbocycles. The molecule has 0 spiro atoms. The number of rotatable bonds is 4. The Kier molecular flexibility index (Phi) is 4.24. The molecule has 1 fully saturated rings. The zero-order valence-electron chi connectivity index (χ0n) is 12.1. The van der Waals surface area contributed by atoms with Crippen molar-refractivity contribution < 1.29 is 19.0 Å². The molecule has 0 aliphatic carbocycles. The predicted molar refractivity (Wildman–Crippen MR) is 81.8 cm³/mol. The van der Waals surface area contributed by atoms with Gasteiger partial charge in [0.15, 0.2) is 0 Å². The van der Waals surface area contributed by atoms with Gasteiger partial charge < -0.3 is 15.2 Å². The number of aliphatic carboxylic acids is 1. The predicted octanol–water partition coefficient (Wildman–Crippen LogP) is 2.74. The summed E-state index contributed by atoms with van der Waals surface area (Å²) in [4.78, 5) is 11.0. The Bertz CT molecular complexity index is 696.